The maximum absolute atomic E-state index is 13.1. The van der Waals surface area contributed by atoms with Crippen molar-refractivity contribution in [1.82, 2.24) is 15.2 Å². The Kier molecular flexibility index (Phi) is 5.67. The number of thiophene rings is 1. The van der Waals surface area contributed by atoms with Crippen molar-refractivity contribution in [2.45, 2.75) is 31.5 Å². The Balaban J connectivity index is 1.31. The topological polar surface area (TPSA) is 84.7 Å². The third-order valence-corrected chi connectivity index (χ3v) is 6.81. The molecule has 1 aliphatic heterocycles. The molecule has 0 radical (unpaired) electrons. The zero-order valence-electron chi connectivity index (χ0n) is 17.5. The minimum atomic E-state index is -0.142. The number of thioether (sulfide) groups is 1. The fraction of sp³-hybridized carbons (Fsp3) is 0.217. The number of furan rings is 1. The van der Waals surface area contributed by atoms with Crippen LogP contribution in [0.2, 0.25) is 0 Å². The van der Waals surface area contributed by atoms with Crippen molar-refractivity contribution in [3.63, 3.8) is 0 Å². The van der Waals surface area contributed by atoms with E-state index in [9.17, 15) is 4.79 Å². The Morgan fingerprint density at radius 1 is 1.19 bits per heavy atom. The second-order valence-electron chi connectivity index (χ2n) is 7.54. The van der Waals surface area contributed by atoms with Gasteiger partial charge in [-0.05, 0) is 49.6 Å². The van der Waals surface area contributed by atoms with E-state index in [0.717, 1.165) is 27.3 Å². The van der Waals surface area contributed by atoms with E-state index in [4.69, 9.17) is 8.83 Å². The van der Waals surface area contributed by atoms with Crippen LogP contribution in [-0.4, -0.2) is 32.6 Å². The number of hydrazone groups is 1. The zero-order chi connectivity index (χ0) is 22.1. The highest BCUT2D eigenvalue weighted by Gasteiger charge is 2.34. The molecule has 1 atom stereocenters. The van der Waals surface area contributed by atoms with Crippen molar-refractivity contribution in [2.24, 2.45) is 5.10 Å². The maximum atomic E-state index is 13.1. The molecule has 0 spiro atoms. The summed E-state index contributed by atoms with van der Waals surface area (Å²) in [5.74, 6) is 1.15. The summed E-state index contributed by atoms with van der Waals surface area (Å²) in [6, 6.07) is 13.6. The highest BCUT2D eigenvalue weighted by molar-refractivity contribution is 7.99. The number of hydrogen-bond donors (Lipinski definition) is 0. The summed E-state index contributed by atoms with van der Waals surface area (Å²) in [4.78, 5) is 14.2. The third-order valence-electron chi connectivity index (χ3n) is 5.04. The van der Waals surface area contributed by atoms with Gasteiger partial charge in [0.15, 0.2) is 0 Å². The van der Waals surface area contributed by atoms with E-state index in [1.54, 1.807) is 22.6 Å². The molecule has 0 fully saturated rings. The average molecular weight is 465 g/mol. The van der Waals surface area contributed by atoms with Gasteiger partial charge in [0.05, 0.1) is 18.1 Å². The van der Waals surface area contributed by atoms with Gasteiger partial charge in [0, 0.05) is 16.9 Å². The third kappa shape index (κ3) is 4.26. The lowest BCUT2D eigenvalue weighted by Gasteiger charge is -2.20. The number of hydrogen-bond acceptors (Lipinski definition) is 8. The number of carbonyl (C=O) groups is 1. The largest absolute Gasteiger partial charge is 0.463 e. The summed E-state index contributed by atoms with van der Waals surface area (Å²) in [5, 5.41) is 16.7. The van der Waals surface area contributed by atoms with Crippen LogP contribution in [-0.2, 0) is 4.79 Å². The van der Waals surface area contributed by atoms with Crippen LogP contribution >= 0.6 is 23.1 Å². The van der Waals surface area contributed by atoms with Crippen molar-refractivity contribution in [3.8, 4) is 11.5 Å². The van der Waals surface area contributed by atoms with Crippen LogP contribution in [0.4, 0.5) is 0 Å². The van der Waals surface area contributed by atoms with E-state index in [-0.39, 0.29) is 17.7 Å². The Morgan fingerprint density at radius 3 is 2.75 bits per heavy atom. The lowest BCUT2D eigenvalue weighted by molar-refractivity contribution is -0.130. The summed E-state index contributed by atoms with van der Waals surface area (Å²) in [6.45, 7) is 4.05. The molecule has 0 aliphatic carbocycles. The number of nitrogens with zero attached hydrogens (tertiary/aromatic N) is 4. The predicted molar refractivity (Wildman–Crippen MR) is 124 cm³/mol. The molecular formula is C23H20N4O3S2. The Hall–Kier alpha value is -3.17. The molecule has 32 heavy (non-hydrogen) atoms. The summed E-state index contributed by atoms with van der Waals surface area (Å²) < 4.78 is 11.3. The first-order valence-electron chi connectivity index (χ1n) is 10.1. The molecule has 7 nitrogen and oxygen atoms in total. The van der Waals surface area contributed by atoms with Crippen molar-refractivity contribution in [1.29, 1.82) is 0 Å². The zero-order valence-corrected chi connectivity index (χ0v) is 19.2. The smallest absolute Gasteiger partial charge is 0.277 e. The molecule has 3 aromatic heterocycles. The molecule has 1 aromatic carbocycles. The van der Waals surface area contributed by atoms with Gasteiger partial charge in [0.25, 0.3) is 11.1 Å². The van der Waals surface area contributed by atoms with Crippen LogP contribution in [0.1, 0.15) is 34.2 Å². The van der Waals surface area contributed by atoms with Crippen LogP contribution < -0.4 is 0 Å². The standard InChI is InChI=1S/C23H20N4O3S2/c1-14-9-15(2)11-16(10-14)22-24-25-23(30-22)32-13-21(28)27-18(20-6-4-8-31-20)12-17(26-27)19-5-3-7-29-19/h3-11,18H,12-13H2,1-2H3. The van der Waals surface area contributed by atoms with E-state index in [2.05, 4.69) is 21.4 Å². The van der Waals surface area contributed by atoms with Crippen LogP contribution in [0.15, 0.2) is 73.3 Å². The van der Waals surface area contributed by atoms with Crippen molar-refractivity contribution >= 4 is 34.7 Å². The van der Waals surface area contributed by atoms with Crippen LogP contribution in [0.3, 0.4) is 0 Å². The number of carbonyl (C=O) groups excluding carboxylic acids is 1. The molecule has 1 unspecified atom stereocenters. The van der Waals surface area contributed by atoms with Crippen molar-refractivity contribution < 1.29 is 13.6 Å². The number of aryl methyl sites for hydroxylation is 2. The van der Waals surface area contributed by atoms with Gasteiger partial charge < -0.3 is 8.83 Å². The Morgan fingerprint density at radius 2 is 2.03 bits per heavy atom. The summed E-state index contributed by atoms with van der Waals surface area (Å²) in [5.41, 5.74) is 3.89. The van der Waals surface area contributed by atoms with Gasteiger partial charge in [-0.2, -0.15) is 5.10 Å². The summed E-state index contributed by atoms with van der Waals surface area (Å²) >= 11 is 2.83. The fourth-order valence-electron chi connectivity index (χ4n) is 3.71. The van der Waals surface area contributed by atoms with Gasteiger partial charge in [-0.25, -0.2) is 5.01 Å². The molecule has 9 heteroatoms. The molecule has 0 bridgehead atoms. The molecule has 0 saturated carbocycles. The highest BCUT2D eigenvalue weighted by Crippen LogP contribution is 2.36. The van der Waals surface area contributed by atoms with Gasteiger partial charge in [-0.3, -0.25) is 4.79 Å². The van der Waals surface area contributed by atoms with Gasteiger partial charge in [-0.1, -0.05) is 35.0 Å². The monoisotopic (exact) mass is 464 g/mol. The number of benzene rings is 1. The van der Waals surface area contributed by atoms with Crippen LogP contribution in [0.5, 0.6) is 0 Å². The van der Waals surface area contributed by atoms with Gasteiger partial charge in [-0.15, -0.1) is 21.5 Å². The number of aromatic nitrogens is 2. The molecule has 0 N–H and O–H groups in total. The summed E-state index contributed by atoms with van der Waals surface area (Å²) in [7, 11) is 0. The molecular weight excluding hydrogens is 444 g/mol. The molecule has 1 amide bonds. The fourth-order valence-corrected chi connectivity index (χ4v) is 5.13. The Labute approximate surface area is 193 Å². The minimum absolute atomic E-state index is 0.124. The van der Waals surface area contributed by atoms with E-state index in [1.165, 1.54) is 11.8 Å². The molecule has 162 valence electrons. The molecule has 5 rings (SSSR count). The van der Waals surface area contributed by atoms with E-state index < -0.39 is 0 Å². The summed E-state index contributed by atoms with van der Waals surface area (Å²) in [6.07, 6.45) is 2.23. The van der Waals surface area contributed by atoms with Gasteiger partial charge in [0.2, 0.25) is 5.89 Å². The lowest BCUT2D eigenvalue weighted by Crippen LogP contribution is -2.28. The quantitative estimate of drug-likeness (QED) is 0.351. The normalized spacial score (nSPS) is 15.9. The minimum Gasteiger partial charge on any atom is -0.463 e. The SMILES string of the molecule is Cc1cc(C)cc(-c2nnc(SCC(=O)N3N=C(c4ccco4)CC3c3cccs3)o2)c1. The molecule has 0 saturated heterocycles. The van der Waals surface area contributed by atoms with Crippen LogP contribution in [0.25, 0.3) is 11.5 Å². The van der Waals surface area contributed by atoms with Crippen molar-refractivity contribution in [3.05, 3.63) is 75.9 Å². The van der Waals surface area contributed by atoms with Gasteiger partial charge in [0.1, 0.15) is 11.5 Å². The first-order valence-corrected chi connectivity index (χ1v) is 11.9. The Bertz CT molecular complexity index is 1240. The highest BCUT2D eigenvalue weighted by atomic mass is 32.2. The van der Waals surface area contributed by atoms with Crippen LogP contribution in [0, 0.1) is 13.8 Å². The first-order chi connectivity index (χ1) is 15.6. The van der Waals surface area contributed by atoms with E-state index in [0.29, 0.717) is 23.3 Å². The van der Waals surface area contributed by atoms with Crippen molar-refractivity contribution in [2.75, 3.05) is 5.75 Å². The average Bonchev–Trinajstić information content (AvgIpc) is 3.56. The number of amides is 1. The number of rotatable bonds is 6. The maximum Gasteiger partial charge on any atom is 0.277 e. The molecule has 4 aromatic rings. The second-order valence-corrected chi connectivity index (χ2v) is 9.44. The molecule has 4 heterocycles. The van der Waals surface area contributed by atoms with E-state index in [1.807, 2.05) is 55.6 Å². The second kappa shape index (κ2) is 8.76. The van der Waals surface area contributed by atoms with Gasteiger partial charge >= 0.3 is 0 Å². The van der Waals surface area contributed by atoms with E-state index >= 15 is 0 Å². The predicted octanol–water partition coefficient (Wildman–Crippen LogP) is 5.48. The lowest BCUT2D eigenvalue weighted by atomic mass is 10.1. The molecule has 1 aliphatic rings. The first kappa shape index (κ1) is 20.7.